The van der Waals surface area contributed by atoms with E-state index in [0.29, 0.717) is 0 Å². The highest BCUT2D eigenvalue weighted by Crippen LogP contribution is 2.37. The van der Waals surface area contributed by atoms with Crippen molar-refractivity contribution in [2.75, 3.05) is 6.54 Å². The van der Waals surface area contributed by atoms with Gasteiger partial charge < -0.3 is 5.32 Å². The zero-order valence-corrected chi connectivity index (χ0v) is 13.1. The first-order valence-corrected chi connectivity index (χ1v) is 8.26. The Morgan fingerprint density at radius 3 is 2.70 bits per heavy atom. The van der Waals surface area contributed by atoms with E-state index in [2.05, 4.69) is 78.1 Å². The molecule has 2 heteroatoms. The van der Waals surface area contributed by atoms with Crippen molar-refractivity contribution in [3.05, 3.63) is 84.0 Å². The van der Waals surface area contributed by atoms with E-state index in [1.54, 1.807) is 0 Å². The standard InChI is InChI=1S/C21H20N2/c1-2-8-16(9-3-1)10-7-15-22-20-14-6-12-18-17-11-4-5-13-19(17)23-21(18)20/h1-6,8-9,11-14,20,22H,7,10,15H2. The highest BCUT2D eigenvalue weighted by atomic mass is 15.0. The molecule has 0 spiro atoms. The summed E-state index contributed by atoms with van der Waals surface area (Å²) in [5.74, 6) is 0. The van der Waals surface area contributed by atoms with Crippen molar-refractivity contribution in [1.29, 1.82) is 0 Å². The van der Waals surface area contributed by atoms with E-state index in [9.17, 15) is 0 Å². The van der Waals surface area contributed by atoms with Crippen molar-refractivity contribution in [1.82, 2.24) is 5.32 Å². The van der Waals surface area contributed by atoms with E-state index in [0.717, 1.165) is 30.8 Å². The van der Waals surface area contributed by atoms with Crippen molar-refractivity contribution in [3.8, 4) is 0 Å². The molecule has 0 aromatic heterocycles. The summed E-state index contributed by atoms with van der Waals surface area (Å²) in [5.41, 5.74) is 6.17. The zero-order valence-electron chi connectivity index (χ0n) is 13.1. The van der Waals surface area contributed by atoms with E-state index in [1.807, 2.05) is 0 Å². The van der Waals surface area contributed by atoms with Gasteiger partial charge in [-0.3, -0.25) is 4.99 Å². The minimum absolute atomic E-state index is 0.221. The summed E-state index contributed by atoms with van der Waals surface area (Å²) in [6.45, 7) is 0.993. The molecule has 2 aromatic rings. The second-order valence-electron chi connectivity index (χ2n) is 6.00. The van der Waals surface area contributed by atoms with Crippen LogP contribution in [0.2, 0.25) is 0 Å². The summed E-state index contributed by atoms with van der Waals surface area (Å²) in [4.78, 5) is 4.83. The van der Waals surface area contributed by atoms with Crippen LogP contribution < -0.4 is 5.32 Å². The molecule has 0 saturated carbocycles. The van der Waals surface area contributed by atoms with E-state index >= 15 is 0 Å². The van der Waals surface area contributed by atoms with Crippen molar-refractivity contribution < 1.29 is 0 Å². The average molecular weight is 300 g/mol. The molecule has 0 amide bonds. The number of benzene rings is 2. The fraction of sp³-hybridized carbons (Fsp3) is 0.190. The van der Waals surface area contributed by atoms with Crippen LogP contribution >= 0.6 is 0 Å². The molecular formula is C21H20N2. The molecule has 1 aliphatic carbocycles. The predicted molar refractivity (Wildman–Crippen MR) is 97.2 cm³/mol. The third-order valence-electron chi connectivity index (χ3n) is 4.42. The molecular weight excluding hydrogens is 280 g/mol. The molecule has 2 nitrogen and oxygen atoms in total. The Balaban J connectivity index is 1.38. The fourth-order valence-electron chi connectivity index (χ4n) is 3.25. The maximum Gasteiger partial charge on any atom is 0.0713 e. The number of fused-ring (bicyclic) bond motifs is 3. The van der Waals surface area contributed by atoms with Crippen LogP contribution in [0.4, 0.5) is 5.69 Å². The lowest BCUT2D eigenvalue weighted by Crippen LogP contribution is -2.36. The lowest BCUT2D eigenvalue weighted by Gasteiger charge is -2.19. The summed E-state index contributed by atoms with van der Waals surface area (Å²) < 4.78 is 0. The molecule has 1 unspecified atom stereocenters. The Morgan fingerprint density at radius 2 is 1.78 bits per heavy atom. The van der Waals surface area contributed by atoms with E-state index in [1.165, 1.54) is 16.7 Å². The zero-order chi connectivity index (χ0) is 15.5. The van der Waals surface area contributed by atoms with Crippen molar-refractivity contribution in [2.45, 2.75) is 18.9 Å². The van der Waals surface area contributed by atoms with Crippen LogP contribution in [0.15, 0.2) is 77.8 Å². The van der Waals surface area contributed by atoms with Crippen molar-refractivity contribution >= 4 is 17.0 Å². The smallest absolute Gasteiger partial charge is 0.0713 e. The molecule has 23 heavy (non-hydrogen) atoms. The summed E-state index contributed by atoms with van der Waals surface area (Å²) in [6.07, 6.45) is 8.77. The molecule has 1 aliphatic heterocycles. The number of hydrogen-bond donors (Lipinski definition) is 1. The summed E-state index contributed by atoms with van der Waals surface area (Å²) in [7, 11) is 0. The van der Waals surface area contributed by atoms with Crippen LogP contribution in [0.25, 0.3) is 5.57 Å². The molecule has 114 valence electrons. The van der Waals surface area contributed by atoms with E-state index in [-0.39, 0.29) is 6.04 Å². The van der Waals surface area contributed by atoms with Crippen LogP contribution in [-0.2, 0) is 6.42 Å². The van der Waals surface area contributed by atoms with Gasteiger partial charge in [-0.05, 0) is 31.0 Å². The normalized spacial score (nSPS) is 18.2. The van der Waals surface area contributed by atoms with E-state index < -0.39 is 0 Å². The Kier molecular flexibility index (Phi) is 3.91. The summed E-state index contributed by atoms with van der Waals surface area (Å²) in [6, 6.07) is 19.3. The minimum Gasteiger partial charge on any atom is -0.305 e. The summed E-state index contributed by atoms with van der Waals surface area (Å²) in [5, 5.41) is 3.64. The molecule has 0 radical (unpaired) electrons. The van der Waals surface area contributed by atoms with Gasteiger partial charge in [0, 0.05) is 11.1 Å². The Hall–Kier alpha value is -2.45. The first kappa shape index (κ1) is 14.2. The number of aliphatic imine (C=N–C) groups is 1. The molecule has 0 saturated heterocycles. The van der Waals surface area contributed by atoms with Gasteiger partial charge >= 0.3 is 0 Å². The Morgan fingerprint density at radius 1 is 0.957 bits per heavy atom. The molecule has 2 aliphatic rings. The highest BCUT2D eigenvalue weighted by Gasteiger charge is 2.26. The maximum absolute atomic E-state index is 4.83. The van der Waals surface area contributed by atoms with Gasteiger partial charge in [0.1, 0.15) is 0 Å². The van der Waals surface area contributed by atoms with Crippen LogP contribution in [0.5, 0.6) is 0 Å². The SMILES string of the molecule is C1=CC(NCCCc2ccccc2)C2=Nc3ccccc3C2=C1. The van der Waals surface area contributed by atoms with Gasteiger partial charge in [-0.2, -0.15) is 0 Å². The van der Waals surface area contributed by atoms with Gasteiger partial charge in [0.05, 0.1) is 17.4 Å². The molecule has 1 atom stereocenters. The second-order valence-corrected chi connectivity index (χ2v) is 6.00. The number of hydrogen-bond acceptors (Lipinski definition) is 2. The molecule has 0 bridgehead atoms. The number of allylic oxidation sites excluding steroid dienone is 2. The minimum atomic E-state index is 0.221. The number of aryl methyl sites for hydroxylation is 1. The van der Waals surface area contributed by atoms with Crippen LogP contribution in [0.3, 0.4) is 0 Å². The van der Waals surface area contributed by atoms with Crippen LogP contribution in [0.1, 0.15) is 17.5 Å². The largest absolute Gasteiger partial charge is 0.305 e. The first-order valence-electron chi connectivity index (χ1n) is 8.26. The second kappa shape index (κ2) is 6.35. The van der Waals surface area contributed by atoms with Crippen LogP contribution in [0, 0.1) is 0 Å². The van der Waals surface area contributed by atoms with Gasteiger partial charge in [-0.1, -0.05) is 66.8 Å². The highest BCUT2D eigenvalue weighted by molar-refractivity contribution is 6.32. The third-order valence-corrected chi connectivity index (χ3v) is 4.42. The van der Waals surface area contributed by atoms with Gasteiger partial charge in [0.15, 0.2) is 0 Å². The Bertz CT molecular complexity index is 784. The quantitative estimate of drug-likeness (QED) is 0.817. The predicted octanol–water partition coefficient (Wildman–Crippen LogP) is 4.32. The number of para-hydroxylation sites is 1. The van der Waals surface area contributed by atoms with Gasteiger partial charge in [0.25, 0.3) is 0 Å². The van der Waals surface area contributed by atoms with Gasteiger partial charge in [0.2, 0.25) is 0 Å². The topological polar surface area (TPSA) is 24.4 Å². The monoisotopic (exact) mass is 300 g/mol. The summed E-state index contributed by atoms with van der Waals surface area (Å²) >= 11 is 0. The van der Waals surface area contributed by atoms with Gasteiger partial charge in [-0.25, -0.2) is 0 Å². The molecule has 1 heterocycles. The molecule has 1 N–H and O–H groups in total. The Labute approximate surface area is 137 Å². The molecule has 4 rings (SSSR count). The first-order chi connectivity index (χ1) is 11.4. The van der Waals surface area contributed by atoms with Gasteiger partial charge in [-0.15, -0.1) is 0 Å². The lowest BCUT2D eigenvalue weighted by atomic mass is 9.94. The average Bonchev–Trinajstić information content (AvgIpc) is 2.99. The van der Waals surface area contributed by atoms with Crippen molar-refractivity contribution in [3.63, 3.8) is 0 Å². The maximum atomic E-state index is 4.83. The third kappa shape index (κ3) is 2.90. The van der Waals surface area contributed by atoms with Crippen molar-refractivity contribution in [2.24, 2.45) is 4.99 Å². The number of nitrogens with zero attached hydrogens (tertiary/aromatic N) is 1. The molecule has 2 aromatic carbocycles. The number of nitrogens with one attached hydrogen (secondary N) is 1. The lowest BCUT2D eigenvalue weighted by molar-refractivity contribution is 0.654. The fourth-order valence-corrected chi connectivity index (χ4v) is 3.25. The number of rotatable bonds is 5. The molecule has 0 fully saturated rings. The van der Waals surface area contributed by atoms with Crippen LogP contribution in [-0.4, -0.2) is 18.3 Å². The van der Waals surface area contributed by atoms with E-state index in [4.69, 9.17) is 4.99 Å².